The summed E-state index contributed by atoms with van der Waals surface area (Å²) in [5.41, 5.74) is 7.73. The molecule has 0 spiro atoms. The Hall–Kier alpha value is -1.85. The summed E-state index contributed by atoms with van der Waals surface area (Å²) in [7, 11) is 0. The van der Waals surface area contributed by atoms with Crippen LogP contribution in [0.1, 0.15) is 48.2 Å². The van der Waals surface area contributed by atoms with E-state index in [9.17, 15) is 4.79 Å². The van der Waals surface area contributed by atoms with Crippen molar-refractivity contribution in [2.45, 2.75) is 45.1 Å². The molecular weight excluding hydrogens is 364 g/mol. The summed E-state index contributed by atoms with van der Waals surface area (Å²) >= 11 is 0. The molecule has 4 aliphatic carbocycles. The molecule has 29 heavy (non-hydrogen) atoms. The maximum absolute atomic E-state index is 12.5. The highest BCUT2D eigenvalue weighted by Gasteiger charge is 2.51. The first-order valence-electron chi connectivity index (χ1n) is 11.3. The largest absolute Gasteiger partial charge is 0.457 e. The number of aryl methyl sites for hydroxylation is 1. The quantitative estimate of drug-likeness (QED) is 0.587. The standard InChI is InChI=1S/C24H30N2O3/c1-13-8-9-28-23(13)24(27)29-22-7-6-17-16-3-2-14-11-21-15(12-25-26-21)10-20(14)18(16)4-5-19(17)22/h4-5,7-9,14-21,25-26H,2-3,6,10-12H2,1H3. The third-order valence-electron chi connectivity index (χ3n) is 8.55. The van der Waals surface area contributed by atoms with Gasteiger partial charge < -0.3 is 9.15 Å². The van der Waals surface area contributed by atoms with Gasteiger partial charge in [-0.15, -0.1) is 0 Å². The van der Waals surface area contributed by atoms with E-state index in [-0.39, 0.29) is 11.9 Å². The molecular formula is C24H30N2O3. The molecule has 0 radical (unpaired) electrons. The smallest absolute Gasteiger partial charge is 0.379 e. The third-order valence-corrected chi connectivity index (χ3v) is 8.55. The van der Waals surface area contributed by atoms with E-state index in [1.54, 1.807) is 12.3 Å². The Morgan fingerprint density at radius 2 is 2.07 bits per heavy atom. The molecule has 5 heteroatoms. The number of esters is 1. The summed E-state index contributed by atoms with van der Waals surface area (Å²) in [6.07, 6.45) is 14.9. The van der Waals surface area contributed by atoms with Crippen molar-refractivity contribution in [3.05, 3.63) is 47.6 Å². The maximum atomic E-state index is 12.5. The Kier molecular flexibility index (Phi) is 4.24. The van der Waals surface area contributed by atoms with Crippen molar-refractivity contribution in [3.8, 4) is 0 Å². The van der Waals surface area contributed by atoms with E-state index in [0.29, 0.717) is 23.6 Å². The van der Waals surface area contributed by atoms with Crippen LogP contribution in [-0.4, -0.2) is 18.6 Å². The molecule has 3 fully saturated rings. The van der Waals surface area contributed by atoms with Gasteiger partial charge in [-0.2, -0.15) is 0 Å². The van der Waals surface area contributed by atoms with Crippen molar-refractivity contribution < 1.29 is 13.9 Å². The van der Waals surface area contributed by atoms with Crippen molar-refractivity contribution in [2.75, 3.05) is 6.54 Å². The number of nitrogens with one attached hydrogen (secondary N) is 2. The van der Waals surface area contributed by atoms with Crippen LogP contribution < -0.4 is 10.9 Å². The number of carbonyl (C=O) groups is 1. The average molecular weight is 395 g/mol. The molecule has 1 aromatic heterocycles. The second kappa shape index (κ2) is 6.85. The Bertz CT molecular complexity index is 871. The van der Waals surface area contributed by atoms with Gasteiger partial charge in [-0.05, 0) is 86.7 Å². The average Bonchev–Trinajstić information content (AvgIpc) is 3.45. The lowest BCUT2D eigenvalue weighted by Crippen LogP contribution is -2.47. The Morgan fingerprint density at radius 3 is 2.93 bits per heavy atom. The lowest BCUT2D eigenvalue weighted by molar-refractivity contribution is 0.0146. The molecule has 2 heterocycles. The number of hydrogen-bond donors (Lipinski definition) is 2. The number of hydrogen-bond acceptors (Lipinski definition) is 5. The minimum absolute atomic E-state index is 0.248. The van der Waals surface area contributed by atoms with E-state index in [1.807, 2.05) is 6.92 Å². The Balaban J connectivity index is 1.19. The molecule has 0 amide bonds. The Labute approximate surface area is 171 Å². The van der Waals surface area contributed by atoms with Crippen LogP contribution in [0.5, 0.6) is 0 Å². The van der Waals surface area contributed by atoms with Crippen LogP contribution in [0, 0.1) is 48.3 Å². The van der Waals surface area contributed by atoms with Crippen LogP contribution in [0.3, 0.4) is 0 Å². The van der Waals surface area contributed by atoms with Gasteiger partial charge in [0.1, 0.15) is 5.76 Å². The van der Waals surface area contributed by atoms with Crippen molar-refractivity contribution in [1.82, 2.24) is 10.9 Å². The summed E-state index contributed by atoms with van der Waals surface area (Å²) in [6, 6.07) is 2.48. The molecule has 1 saturated heterocycles. The van der Waals surface area contributed by atoms with Crippen molar-refractivity contribution in [2.24, 2.45) is 41.4 Å². The van der Waals surface area contributed by atoms with Gasteiger partial charge >= 0.3 is 5.97 Å². The zero-order valence-corrected chi connectivity index (χ0v) is 17.0. The second-order valence-electron chi connectivity index (χ2n) is 9.84. The molecule has 5 nitrogen and oxygen atoms in total. The number of rotatable bonds is 2. The monoisotopic (exact) mass is 394 g/mol. The Morgan fingerprint density at radius 1 is 1.14 bits per heavy atom. The van der Waals surface area contributed by atoms with E-state index < -0.39 is 0 Å². The van der Waals surface area contributed by atoms with E-state index in [1.165, 1.54) is 25.7 Å². The van der Waals surface area contributed by atoms with Crippen LogP contribution in [-0.2, 0) is 4.74 Å². The van der Waals surface area contributed by atoms with Gasteiger partial charge in [-0.1, -0.05) is 12.2 Å². The van der Waals surface area contributed by atoms with Crippen LogP contribution in [0.25, 0.3) is 0 Å². The first-order valence-corrected chi connectivity index (χ1v) is 11.3. The molecule has 1 aromatic rings. The highest BCUT2D eigenvalue weighted by atomic mass is 16.5. The molecule has 8 unspecified atom stereocenters. The number of ether oxygens (including phenoxy) is 1. The van der Waals surface area contributed by atoms with Gasteiger partial charge in [0.15, 0.2) is 0 Å². The second-order valence-corrected chi connectivity index (χ2v) is 9.84. The van der Waals surface area contributed by atoms with Crippen molar-refractivity contribution in [1.29, 1.82) is 0 Å². The molecule has 2 N–H and O–H groups in total. The summed E-state index contributed by atoms with van der Waals surface area (Å²) in [4.78, 5) is 12.5. The predicted molar refractivity (Wildman–Crippen MR) is 109 cm³/mol. The first kappa shape index (κ1) is 18.0. The van der Waals surface area contributed by atoms with Gasteiger partial charge in [0, 0.05) is 24.1 Å². The van der Waals surface area contributed by atoms with Crippen LogP contribution in [0.2, 0.25) is 0 Å². The molecule has 8 atom stereocenters. The summed E-state index contributed by atoms with van der Waals surface area (Å²) in [5.74, 6) is 5.53. The maximum Gasteiger partial charge on any atom is 0.379 e. The number of hydrazine groups is 1. The summed E-state index contributed by atoms with van der Waals surface area (Å²) in [5, 5.41) is 0. The SMILES string of the molecule is Cc1ccoc1C(=O)OC1=CCC2C1C=CC1C3CC4CNNC4CC3CCC12. The zero-order valence-electron chi connectivity index (χ0n) is 17.0. The minimum atomic E-state index is -0.363. The normalized spacial score (nSPS) is 42.4. The number of allylic oxidation sites excluding steroid dienone is 3. The van der Waals surface area contributed by atoms with E-state index in [4.69, 9.17) is 9.15 Å². The van der Waals surface area contributed by atoms with Gasteiger partial charge in [-0.25, -0.2) is 4.79 Å². The van der Waals surface area contributed by atoms with Crippen molar-refractivity contribution >= 4 is 5.97 Å². The predicted octanol–water partition coefficient (Wildman–Crippen LogP) is 3.98. The molecule has 154 valence electrons. The van der Waals surface area contributed by atoms with Crippen LogP contribution in [0.15, 0.2) is 40.7 Å². The van der Waals surface area contributed by atoms with Crippen molar-refractivity contribution in [3.63, 3.8) is 0 Å². The number of furan rings is 1. The zero-order chi connectivity index (χ0) is 19.5. The molecule has 0 aromatic carbocycles. The highest BCUT2D eigenvalue weighted by molar-refractivity contribution is 5.88. The first-order chi connectivity index (χ1) is 14.2. The van der Waals surface area contributed by atoms with E-state index in [0.717, 1.165) is 48.0 Å². The van der Waals surface area contributed by atoms with Gasteiger partial charge in [0.2, 0.25) is 5.76 Å². The van der Waals surface area contributed by atoms with Gasteiger partial charge in [-0.3, -0.25) is 10.9 Å². The molecule has 6 rings (SSSR count). The summed E-state index contributed by atoms with van der Waals surface area (Å²) in [6.45, 7) is 2.99. The highest BCUT2D eigenvalue weighted by Crippen LogP contribution is 2.56. The fourth-order valence-corrected chi connectivity index (χ4v) is 7.15. The minimum Gasteiger partial charge on any atom is -0.457 e. The summed E-state index contributed by atoms with van der Waals surface area (Å²) < 4.78 is 11.1. The third kappa shape index (κ3) is 2.85. The lowest BCUT2D eigenvalue weighted by atomic mass is 9.54. The lowest BCUT2D eigenvalue weighted by Gasteiger charge is -2.51. The van der Waals surface area contributed by atoms with Crippen LogP contribution in [0.4, 0.5) is 0 Å². The molecule has 1 aliphatic heterocycles. The van der Waals surface area contributed by atoms with E-state index >= 15 is 0 Å². The number of fused-ring (bicyclic) bond motifs is 6. The van der Waals surface area contributed by atoms with E-state index in [2.05, 4.69) is 29.1 Å². The molecule has 2 saturated carbocycles. The number of carbonyl (C=O) groups excluding carboxylic acids is 1. The van der Waals surface area contributed by atoms with Gasteiger partial charge in [0.25, 0.3) is 0 Å². The fourth-order valence-electron chi connectivity index (χ4n) is 7.15. The topological polar surface area (TPSA) is 63.5 Å². The van der Waals surface area contributed by atoms with Crippen LogP contribution >= 0.6 is 0 Å². The molecule has 5 aliphatic rings. The fraction of sp³-hybridized carbons (Fsp3) is 0.625. The molecule has 0 bridgehead atoms. The van der Waals surface area contributed by atoms with Gasteiger partial charge in [0.05, 0.1) is 6.26 Å².